The highest BCUT2D eigenvalue weighted by Gasteiger charge is 2.51. The molecule has 2 aromatic rings. The number of hydrogen-bond donors (Lipinski definition) is 0. The molecular weight excluding hydrogens is 446 g/mol. The van der Waals surface area contributed by atoms with Crippen molar-refractivity contribution in [1.82, 2.24) is 0 Å². The highest BCUT2D eigenvalue weighted by molar-refractivity contribution is 5.32. The maximum absolute atomic E-state index is 14.1. The lowest BCUT2D eigenvalue weighted by Crippen LogP contribution is -2.32. The van der Waals surface area contributed by atoms with Crippen molar-refractivity contribution in [3.05, 3.63) is 70.8 Å². The Hall–Kier alpha value is -2.30. The Morgan fingerprint density at radius 3 is 1.23 bits per heavy atom. The van der Waals surface area contributed by atoms with E-state index in [1.165, 1.54) is 12.1 Å². The molecule has 11 heteroatoms. The molecular formula is C20H16F10O. The number of benzene rings is 2. The molecule has 2 unspecified atom stereocenters. The first kappa shape index (κ1) is 25.0. The summed E-state index contributed by atoms with van der Waals surface area (Å²) in [5.74, 6) is -9.93. The van der Waals surface area contributed by atoms with Crippen molar-refractivity contribution >= 4 is 0 Å². The zero-order chi connectivity index (χ0) is 23.4. The molecule has 0 aromatic heterocycles. The van der Waals surface area contributed by atoms with Crippen molar-refractivity contribution in [2.24, 2.45) is 0 Å². The van der Waals surface area contributed by atoms with E-state index in [2.05, 4.69) is 0 Å². The number of halogens is 10. The van der Waals surface area contributed by atoms with Gasteiger partial charge >= 0.3 is 24.7 Å². The van der Waals surface area contributed by atoms with E-state index in [1.54, 1.807) is 0 Å². The van der Waals surface area contributed by atoms with Crippen molar-refractivity contribution in [3.8, 4) is 0 Å². The lowest BCUT2D eigenvalue weighted by molar-refractivity contribution is -0.173. The molecule has 1 nitrogen and oxygen atoms in total. The molecule has 172 valence electrons. The van der Waals surface area contributed by atoms with E-state index in [-0.39, 0.29) is 11.1 Å². The first-order valence-corrected chi connectivity index (χ1v) is 8.74. The highest BCUT2D eigenvalue weighted by Crippen LogP contribution is 2.42. The third-order valence-corrected chi connectivity index (χ3v) is 4.43. The minimum Gasteiger partial charge on any atom is -0.372 e. The van der Waals surface area contributed by atoms with Crippen molar-refractivity contribution in [3.63, 3.8) is 0 Å². The Morgan fingerprint density at radius 2 is 0.903 bits per heavy atom. The third-order valence-electron chi connectivity index (χ3n) is 4.43. The molecule has 2 aromatic carbocycles. The molecule has 0 saturated carbocycles. The molecule has 0 aliphatic heterocycles. The monoisotopic (exact) mass is 462 g/mol. The maximum Gasteiger partial charge on any atom is 0.341 e. The predicted octanol–water partition coefficient (Wildman–Crippen LogP) is 7.23. The third kappa shape index (κ3) is 5.50. The van der Waals surface area contributed by atoms with Crippen LogP contribution in [0.2, 0.25) is 0 Å². The smallest absolute Gasteiger partial charge is 0.341 e. The summed E-state index contributed by atoms with van der Waals surface area (Å²) in [7, 11) is 0. The second-order valence-corrected chi connectivity index (χ2v) is 6.57. The molecule has 0 saturated heterocycles. The lowest BCUT2D eigenvalue weighted by atomic mass is 9.99. The Balaban J connectivity index is 2.18. The largest absolute Gasteiger partial charge is 0.372 e. The molecule has 0 spiro atoms. The quantitative estimate of drug-likeness (QED) is 0.339. The summed E-state index contributed by atoms with van der Waals surface area (Å²) in [6.07, 6.45) is -15.2. The van der Waals surface area contributed by atoms with E-state index in [1.807, 2.05) is 0 Å². The second-order valence-electron chi connectivity index (χ2n) is 6.57. The summed E-state index contributed by atoms with van der Waals surface area (Å²) < 4.78 is 137. The molecule has 0 aliphatic carbocycles. The van der Waals surface area contributed by atoms with Gasteiger partial charge in [0.1, 0.15) is 0 Å². The Labute approximate surface area is 170 Å². The van der Waals surface area contributed by atoms with E-state index in [4.69, 9.17) is 4.74 Å². The van der Waals surface area contributed by atoms with Gasteiger partial charge in [0, 0.05) is 0 Å². The number of rotatable bonds is 10. The van der Waals surface area contributed by atoms with E-state index < -0.39 is 61.4 Å². The topological polar surface area (TPSA) is 9.23 Å². The van der Waals surface area contributed by atoms with Crippen molar-refractivity contribution in [2.45, 2.75) is 50.3 Å². The van der Waals surface area contributed by atoms with Crippen molar-refractivity contribution in [2.75, 3.05) is 0 Å². The van der Waals surface area contributed by atoms with Gasteiger partial charge in [-0.05, 0) is 22.3 Å². The number of alkyl halides is 10. The van der Waals surface area contributed by atoms with Crippen LogP contribution in [0.5, 0.6) is 0 Å². The summed E-state index contributed by atoms with van der Waals surface area (Å²) in [5, 5.41) is 0. The summed E-state index contributed by atoms with van der Waals surface area (Å²) >= 11 is 0. The maximum atomic E-state index is 14.1. The first-order chi connectivity index (χ1) is 14.4. The van der Waals surface area contributed by atoms with Crippen LogP contribution in [0, 0.1) is 0 Å². The molecule has 0 heterocycles. The second kappa shape index (κ2) is 9.88. The van der Waals surface area contributed by atoms with Gasteiger partial charge in [0.15, 0.2) is 12.3 Å². The summed E-state index contributed by atoms with van der Waals surface area (Å²) in [4.78, 5) is 0. The zero-order valence-corrected chi connectivity index (χ0v) is 15.5. The van der Waals surface area contributed by atoms with E-state index in [9.17, 15) is 43.9 Å². The molecule has 0 aliphatic rings. The summed E-state index contributed by atoms with van der Waals surface area (Å²) in [5.41, 5.74) is -2.01. The number of ether oxygens (including phenoxy) is 1. The standard InChI is InChI=1S/C20H16F10O/c21-15(19(27,28)17(23)24)13-7-3-1-5-11(13)9-31-10-12-6-2-4-8-14(12)16(22)20(29,30)18(25)26/h1-8,15-18H,9-10H2. The lowest BCUT2D eigenvalue weighted by Gasteiger charge is -2.23. The summed E-state index contributed by atoms with van der Waals surface area (Å²) in [6.45, 7) is -1.24. The van der Waals surface area contributed by atoms with Crippen molar-refractivity contribution < 1.29 is 48.6 Å². The molecule has 2 atom stereocenters. The van der Waals surface area contributed by atoms with Gasteiger partial charge in [-0.1, -0.05) is 48.5 Å². The van der Waals surface area contributed by atoms with E-state index >= 15 is 0 Å². The van der Waals surface area contributed by atoms with Gasteiger partial charge in [-0.2, -0.15) is 17.6 Å². The van der Waals surface area contributed by atoms with Gasteiger partial charge in [0.05, 0.1) is 13.2 Å². The van der Waals surface area contributed by atoms with E-state index in [0.717, 1.165) is 36.4 Å². The Bertz CT molecular complexity index is 786. The normalized spacial score (nSPS) is 14.8. The van der Waals surface area contributed by atoms with Crippen LogP contribution in [0.25, 0.3) is 0 Å². The van der Waals surface area contributed by atoms with Crippen LogP contribution >= 0.6 is 0 Å². The van der Waals surface area contributed by atoms with Crippen molar-refractivity contribution in [1.29, 1.82) is 0 Å². The van der Waals surface area contributed by atoms with Crippen LogP contribution in [-0.4, -0.2) is 24.7 Å². The van der Waals surface area contributed by atoms with Gasteiger partial charge < -0.3 is 4.74 Å². The Kier molecular flexibility index (Phi) is 7.96. The van der Waals surface area contributed by atoms with Crippen LogP contribution < -0.4 is 0 Å². The zero-order valence-electron chi connectivity index (χ0n) is 15.5. The fourth-order valence-corrected chi connectivity index (χ4v) is 2.73. The molecule has 31 heavy (non-hydrogen) atoms. The van der Waals surface area contributed by atoms with Crippen LogP contribution in [0.1, 0.15) is 34.6 Å². The first-order valence-electron chi connectivity index (χ1n) is 8.74. The van der Waals surface area contributed by atoms with Crippen LogP contribution in [0.15, 0.2) is 48.5 Å². The Morgan fingerprint density at radius 1 is 0.581 bits per heavy atom. The van der Waals surface area contributed by atoms with E-state index in [0.29, 0.717) is 0 Å². The van der Waals surface area contributed by atoms with Gasteiger partial charge in [-0.15, -0.1) is 0 Å². The average Bonchev–Trinajstić information content (AvgIpc) is 2.73. The van der Waals surface area contributed by atoms with Crippen LogP contribution in [0.4, 0.5) is 43.9 Å². The predicted molar refractivity (Wildman–Crippen MR) is 91.0 cm³/mol. The fraction of sp³-hybridized carbons (Fsp3) is 0.400. The molecule has 0 bridgehead atoms. The minimum atomic E-state index is -4.97. The molecule has 2 rings (SSSR count). The summed E-state index contributed by atoms with van der Waals surface area (Å²) in [6, 6.07) is 8.83. The van der Waals surface area contributed by atoms with Gasteiger partial charge in [-0.3, -0.25) is 0 Å². The van der Waals surface area contributed by atoms with Crippen LogP contribution in [-0.2, 0) is 18.0 Å². The number of hydrogen-bond acceptors (Lipinski definition) is 1. The van der Waals surface area contributed by atoms with Gasteiger partial charge in [0.25, 0.3) is 0 Å². The highest BCUT2D eigenvalue weighted by atomic mass is 19.3. The average molecular weight is 462 g/mol. The molecule has 0 N–H and O–H groups in total. The van der Waals surface area contributed by atoms with Gasteiger partial charge in [-0.25, -0.2) is 26.3 Å². The fourth-order valence-electron chi connectivity index (χ4n) is 2.73. The molecule has 0 amide bonds. The molecule has 0 fully saturated rings. The van der Waals surface area contributed by atoms with Gasteiger partial charge in [0.2, 0.25) is 0 Å². The SMILES string of the molecule is FC(F)C(F)(F)C(F)c1ccccc1COCc1ccccc1C(F)C(F)(F)C(F)F. The molecule has 0 radical (unpaired) electrons. The minimum absolute atomic E-state index is 0.234. The van der Waals surface area contributed by atoms with Crippen LogP contribution in [0.3, 0.4) is 0 Å².